The number of ether oxygens (including phenoxy) is 1. The Morgan fingerprint density at radius 1 is 1.24 bits per heavy atom. The molecule has 2 aliphatic rings. The third-order valence-corrected chi connectivity index (χ3v) is 7.48. The van der Waals surface area contributed by atoms with Crippen molar-refractivity contribution in [2.75, 3.05) is 13.6 Å². The molecule has 1 aliphatic carbocycles. The van der Waals surface area contributed by atoms with Crippen LogP contribution in [-0.4, -0.2) is 36.3 Å². The van der Waals surface area contributed by atoms with Crippen LogP contribution in [0.5, 0.6) is 0 Å². The van der Waals surface area contributed by atoms with E-state index in [1.807, 2.05) is 25.1 Å². The van der Waals surface area contributed by atoms with E-state index in [9.17, 15) is 14.0 Å². The van der Waals surface area contributed by atoms with E-state index >= 15 is 0 Å². The second kappa shape index (κ2) is 13.1. The number of carbonyl (C=O) groups is 2. The molecule has 1 unspecified atom stereocenters. The van der Waals surface area contributed by atoms with Gasteiger partial charge in [-0.05, 0) is 67.8 Å². The molecule has 1 aromatic carbocycles. The van der Waals surface area contributed by atoms with Crippen molar-refractivity contribution >= 4 is 35.1 Å². The van der Waals surface area contributed by atoms with Crippen molar-refractivity contribution in [3.8, 4) is 0 Å². The summed E-state index contributed by atoms with van der Waals surface area (Å²) in [6.07, 6.45) is 6.80. The fourth-order valence-electron chi connectivity index (χ4n) is 4.70. The van der Waals surface area contributed by atoms with Crippen molar-refractivity contribution in [1.29, 1.82) is 0 Å². The summed E-state index contributed by atoms with van der Waals surface area (Å²) in [5.74, 6) is -0.617. The average molecular weight is 589 g/mol. The first-order valence-corrected chi connectivity index (χ1v) is 14.0. The van der Waals surface area contributed by atoms with E-state index in [0.29, 0.717) is 33.1 Å². The van der Waals surface area contributed by atoms with Crippen LogP contribution in [-0.2, 0) is 19.9 Å². The molecule has 0 bridgehead atoms. The van der Waals surface area contributed by atoms with Crippen LogP contribution in [0.25, 0.3) is 5.76 Å². The number of aromatic nitrogens is 1. The van der Waals surface area contributed by atoms with Gasteiger partial charge in [-0.3, -0.25) is 19.6 Å². The van der Waals surface area contributed by atoms with Crippen LogP contribution < -0.4 is 10.6 Å². The lowest BCUT2D eigenvalue weighted by Crippen LogP contribution is -2.36. The van der Waals surface area contributed by atoms with Gasteiger partial charge in [0.15, 0.2) is 0 Å². The highest BCUT2D eigenvalue weighted by Crippen LogP contribution is 2.44. The Labute approximate surface area is 250 Å². The number of rotatable bonds is 10. The molecule has 42 heavy (non-hydrogen) atoms. The normalized spacial score (nSPS) is 18.5. The van der Waals surface area contributed by atoms with E-state index in [0.717, 1.165) is 24.1 Å². The van der Waals surface area contributed by atoms with Gasteiger partial charge in [0.1, 0.15) is 11.6 Å². The van der Waals surface area contributed by atoms with Gasteiger partial charge in [-0.1, -0.05) is 43.8 Å². The van der Waals surface area contributed by atoms with Crippen LogP contribution in [0, 0.1) is 11.7 Å². The molecule has 4 rings (SSSR count). The summed E-state index contributed by atoms with van der Waals surface area (Å²) in [5.41, 5.74) is 2.91. The van der Waals surface area contributed by atoms with Gasteiger partial charge < -0.3 is 15.4 Å². The van der Waals surface area contributed by atoms with Crippen LogP contribution in [0.2, 0.25) is 0 Å². The number of carbonyl (C=O) groups excluding carboxylic acids is 2. The number of aliphatic imine (C=N–C) groups is 1. The monoisotopic (exact) mass is 588 g/mol. The van der Waals surface area contributed by atoms with Crippen LogP contribution in [0.1, 0.15) is 44.4 Å². The lowest BCUT2D eigenvalue weighted by molar-refractivity contribution is -0.118. The molecule has 9 heteroatoms. The molecule has 7 nitrogen and oxygen atoms in total. The van der Waals surface area contributed by atoms with Crippen molar-refractivity contribution in [2.45, 2.75) is 38.6 Å². The number of halogens is 2. The fraction of sp³-hybridized carbons (Fsp3) is 0.273. The summed E-state index contributed by atoms with van der Waals surface area (Å²) in [6.45, 7) is 11.9. The minimum atomic E-state index is -0.472. The number of likely N-dealkylation sites (N-methyl/N-ethyl adjacent to an activating group) is 1. The molecule has 0 saturated heterocycles. The third kappa shape index (κ3) is 6.94. The van der Waals surface area contributed by atoms with E-state index in [1.54, 1.807) is 31.3 Å². The lowest BCUT2D eigenvalue weighted by Gasteiger charge is -2.24. The molecule has 2 N–H and O–H groups in total. The predicted octanol–water partition coefficient (Wildman–Crippen LogP) is 6.12. The maximum absolute atomic E-state index is 13.6. The molecule has 218 valence electrons. The summed E-state index contributed by atoms with van der Waals surface area (Å²) < 4.78 is 19.7. The van der Waals surface area contributed by atoms with Gasteiger partial charge in [-0.15, -0.1) is 0 Å². The summed E-state index contributed by atoms with van der Waals surface area (Å²) >= 11 is 6.50. The van der Waals surface area contributed by atoms with Gasteiger partial charge in [0.25, 0.3) is 11.8 Å². The molecule has 2 heterocycles. The zero-order chi connectivity index (χ0) is 30.4. The zero-order valence-corrected chi connectivity index (χ0v) is 24.7. The standard InChI is InChI=1S/C33H34ClFN4O3/c1-6-23(30(40)39-33(14-15-33)28-9-7-8-16-37-28)18-26(22(4)34)21(3)19-38-32-20(2)17-27(31(41)36-5)29(42-32)24-10-12-25(35)13-11-24/h6-13,16,18,21H,1-2,14-15,17,19H2,3-5H3,(H,36,41)(H,39,40). The van der Waals surface area contributed by atoms with E-state index in [-0.39, 0.29) is 36.6 Å². The molecule has 2 amide bonds. The van der Waals surface area contributed by atoms with Gasteiger partial charge in [-0.2, -0.15) is 0 Å². The number of hydrogen-bond acceptors (Lipinski definition) is 5. The summed E-state index contributed by atoms with van der Waals surface area (Å²) in [6, 6.07) is 11.4. The molecule has 1 atom stereocenters. The first-order valence-electron chi connectivity index (χ1n) is 13.6. The van der Waals surface area contributed by atoms with Crippen LogP contribution in [0.4, 0.5) is 4.39 Å². The topological polar surface area (TPSA) is 92.7 Å². The molecule has 1 saturated carbocycles. The Kier molecular flexibility index (Phi) is 9.58. The quantitative estimate of drug-likeness (QED) is 0.258. The lowest BCUT2D eigenvalue weighted by atomic mass is 9.96. The van der Waals surface area contributed by atoms with Crippen LogP contribution in [0.3, 0.4) is 0 Å². The van der Waals surface area contributed by atoms with Crippen LogP contribution >= 0.6 is 11.6 Å². The van der Waals surface area contributed by atoms with Crippen molar-refractivity contribution in [1.82, 2.24) is 15.6 Å². The summed E-state index contributed by atoms with van der Waals surface area (Å²) in [7, 11) is 1.53. The van der Waals surface area contributed by atoms with Crippen molar-refractivity contribution in [3.63, 3.8) is 0 Å². The Bertz CT molecular complexity index is 1520. The van der Waals surface area contributed by atoms with Gasteiger partial charge in [0.05, 0.1) is 16.8 Å². The number of nitrogens with one attached hydrogen (secondary N) is 2. The van der Waals surface area contributed by atoms with E-state index in [4.69, 9.17) is 16.3 Å². The smallest absolute Gasteiger partial charge is 0.252 e. The van der Waals surface area contributed by atoms with Gasteiger partial charge in [0, 0.05) is 53.9 Å². The molecule has 0 spiro atoms. The molecule has 1 fully saturated rings. The summed E-state index contributed by atoms with van der Waals surface area (Å²) in [5, 5.41) is 6.25. The van der Waals surface area contributed by atoms with Gasteiger partial charge in [-0.25, -0.2) is 4.39 Å². The Morgan fingerprint density at radius 2 is 1.95 bits per heavy atom. The van der Waals surface area contributed by atoms with Crippen LogP contribution in [0.15, 0.2) is 106 Å². The number of amides is 2. The SMILES string of the molecule is C=CC(=CC(=C(C)Cl)C(C)CN=C1OC(c2ccc(F)cc2)=C(C(=O)NC)CC1=C)C(=O)NC1(c2ccccn2)CC1. The highest BCUT2D eigenvalue weighted by Gasteiger charge is 2.47. The minimum Gasteiger partial charge on any atom is -0.438 e. The number of hydrogen-bond donors (Lipinski definition) is 2. The Hall–Kier alpha value is -4.30. The highest BCUT2D eigenvalue weighted by atomic mass is 35.5. The van der Waals surface area contributed by atoms with Crippen molar-refractivity contribution in [2.24, 2.45) is 10.9 Å². The van der Waals surface area contributed by atoms with Crippen molar-refractivity contribution in [3.05, 3.63) is 118 Å². The molecular formula is C33H34ClFN4O3. The fourth-order valence-corrected chi connectivity index (χ4v) is 4.94. The largest absolute Gasteiger partial charge is 0.438 e. The highest BCUT2D eigenvalue weighted by molar-refractivity contribution is 6.29. The molecular weight excluding hydrogens is 555 g/mol. The molecule has 0 radical (unpaired) electrons. The number of nitrogens with zero attached hydrogens (tertiary/aromatic N) is 2. The number of allylic oxidation sites excluding steroid dienone is 2. The Morgan fingerprint density at radius 3 is 2.52 bits per heavy atom. The minimum absolute atomic E-state index is 0.210. The van der Waals surface area contributed by atoms with E-state index < -0.39 is 11.4 Å². The second-order valence-corrected chi connectivity index (χ2v) is 10.9. The molecule has 1 aliphatic heterocycles. The molecule has 2 aromatic rings. The predicted molar refractivity (Wildman–Crippen MR) is 164 cm³/mol. The first kappa shape index (κ1) is 30.7. The maximum atomic E-state index is 13.6. The zero-order valence-electron chi connectivity index (χ0n) is 24.0. The number of pyridine rings is 1. The van der Waals surface area contributed by atoms with Gasteiger partial charge in [0.2, 0.25) is 5.90 Å². The molecule has 1 aromatic heterocycles. The average Bonchev–Trinajstić information content (AvgIpc) is 3.77. The number of benzene rings is 1. The second-order valence-electron chi connectivity index (χ2n) is 10.4. The van der Waals surface area contributed by atoms with Crippen molar-refractivity contribution < 1.29 is 18.7 Å². The van der Waals surface area contributed by atoms with Gasteiger partial charge >= 0.3 is 0 Å². The van der Waals surface area contributed by atoms with E-state index in [2.05, 4.69) is 33.8 Å². The summed E-state index contributed by atoms with van der Waals surface area (Å²) in [4.78, 5) is 34.9. The third-order valence-electron chi connectivity index (χ3n) is 7.26. The maximum Gasteiger partial charge on any atom is 0.252 e. The van der Waals surface area contributed by atoms with E-state index in [1.165, 1.54) is 25.3 Å². The Balaban J connectivity index is 1.54. The first-order chi connectivity index (χ1) is 20.1.